The summed E-state index contributed by atoms with van der Waals surface area (Å²) in [5.74, 6) is -4.91. The summed E-state index contributed by atoms with van der Waals surface area (Å²) in [5.41, 5.74) is 0. The van der Waals surface area contributed by atoms with Crippen LogP contribution in [-0.2, 0) is 23.9 Å². The number of aliphatic carboxylic acids is 1. The lowest BCUT2D eigenvalue weighted by Crippen LogP contribution is -2.44. The summed E-state index contributed by atoms with van der Waals surface area (Å²) in [7, 11) is 1.29. The zero-order valence-corrected chi connectivity index (χ0v) is 16.2. The second kappa shape index (κ2) is 5.93. The second-order valence-corrected chi connectivity index (χ2v) is 9.84. The third kappa shape index (κ3) is 2.17. The molecule has 1 saturated heterocycles. The third-order valence-corrected chi connectivity index (χ3v) is 9.15. The highest BCUT2D eigenvalue weighted by Crippen LogP contribution is 2.67. The first kappa shape index (κ1) is 17.9. The van der Waals surface area contributed by atoms with Gasteiger partial charge in [0.25, 0.3) is 0 Å². The van der Waals surface area contributed by atoms with Gasteiger partial charge in [0.15, 0.2) is 0 Å². The molecule has 148 valence electrons. The van der Waals surface area contributed by atoms with E-state index in [0.29, 0.717) is 16.3 Å². The lowest BCUT2D eigenvalue weighted by Gasteiger charge is -2.41. The Morgan fingerprint density at radius 3 is 2.54 bits per heavy atom. The minimum Gasteiger partial charge on any atom is -0.480 e. The molecule has 11 heteroatoms. The monoisotopic (exact) mass is 424 g/mol. The number of hydrogen-bond acceptors (Lipinski definition) is 8. The SMILES string of the molecule is COC(=O)[C@@H]1c2sc(=O)[nH]c2S[C@@H]2[C@H]3C[C@@H]([C@@H]4C(=O)N(CC(=O)O)C(=O)[C@H]34)[C@@H]21. The molecule has 3 heterocycles. The zero-order chi connectivity index (χ0) is 19.9. The molecule has 0 aromatic carbocycles. The van der Waals surface area contributed by atoms with Crippen molar-refractivity contribution in [3.63, 3.8) is 0 Å². The summed E-state index contributed by atoms with van der Waals surface area (Å²) in [6.45, 7) is -0.631. The maximum atomic E-state index is 12.9. The number of hydrogen-bond donors (Lipinski definition) is 2. The predicted octanol–water partition coefficient (Wildman–Crippen LogP) is 0.119. The van der Waals surface area contributed by atoms with Crippen LogP contribution >= 0.6 is 23.1 Å². The number of aromatic amines is 1. The number of methoxy groups -OCH3 is 1. The van der Waals surface area contributed by atoms with Crippen molar-refractivity contribution in [2.75, 3.05) is 13.7 Å². The van der Waals surface area contributed by atoms with E-state index in [1.165, 1.54) is 18.9 Å². The molecule has 0 radical (unpaired) electrons. The maximum absolute atomic E-state index is 12.9. The average Bonchev–Trinajstić information content (AvgIpc) is 3.36. The van der Waals surface area contributed by atoms with Crippen molar-refractivity contribution in [3.8, 4) is 0 Å². The number of thiazole rings is 1. The van der Waals surface area contributed by atoms with Crippen LogP contribution in [-0.4, -0.2) is 57.6 Å². The van der Waals surface area contributed by atoms with Gasteiger partial charge in [0, 0.05) is 5.25 Å². The minimum atomic E-state index is -1.23. The maximum Gasteiger partial charge on any atom is 0.323 e. The van der Waals surface area contributed by atoms with Crippen LogP contribution in [0.5, 0.6) is 0 Å². The fraction of sp³-hybridized carbons (Fsp3) is 0.588. The van der Waals surface area contributed by atoms with Crippen LogP contribution in [0.15, 0.2) is 9.82 Å². The standard InChI is InChI=1S/C17H16N2O7S2/c1-26-16(24)10-7-4-2-5(11(7)27-13-12(10)28-17(25)18-13)9-8(4)14(22)19(15(9)23)3-6(20)21/h4-5,7-11H,2-3H2,1H3,(H,18,25)(H,20,21)/t4-,5+,7-,8+,9-,10+,11-/m1/s1. The number of carboxylic acid groups (broad SMARTS) is 1. The topological polar surface area (TPSA) is 134 Å². The summed E-state index contributed by atoms with van der Waals surface area (Å²) >= 11 is 2.44. The summed E-state index contributed by atoms with van der Waals surface area (Å²) in [6, 6.07) is 0. The van der Waals surface area contributed by atoms with E-state index < -0.39 is 48.1 Å². The van der Waals surface area contributed by atoms with Crippen molar-refractivity contribution in [2.24, 2.45) is 29.6 Å². The van der Waals surface area contributed by atoms with Crippen molar-refractivity contribution in [3.05, 3.63) is 14.5 Å². The van der Waals surface area contributed by atoms with Crippen LogP contribution in [0.4, 0.5) is 0 Å². The molecular weight excluding hydrogens is 408 g/mol. The predicted molar refractivity (Wildman–Crippen MR) is 95.8 cm³/mol. The van der Waals surface area contributed by atoms with Crippen LogP contribution < -0.4 is 4.87 Å². The molecular formula is C17H16N2O7S2. The number of imide groups is 1. The number of rotatable bonds is 3. The lowest BCUT2D eigenvalue weighted by atomic mass is 9.69. The molecule has 1 aromatic rings. The van der Waals surface area contributed by atoms with Gasteiger partial charge in [-0.15, -0.1) is 11.8 Å². The summed E-state index contributed by atoms with van der Waals surface area (Å²) in [5, 5.41) is 9.58. The van der Waals surface area contributed by atoms with E-state index in [4.69, 9.17) is 9.84 Å². The Morgan fingerprint density at radius 1 is 1.21 bits per heavy atom. The number of carbonyl (C=O) groups excluding carboxylic acids is 3. The first-order valence-electron chi connectivity index (χ1n) is 8.88. The number of fused-ring (bicyclic) bond motifs is 9. The van der Waals surface area contributed by atoms with Crippen LogP contribution in [0.2, 0.25) is 0 Å². The van der Waals surface area contributed by atoms with Gasteiger partial charge in [-0.05, 0) is 24.2 Å². The molecule has 3 fully saturated rings. The van der Waals surface area contributed by atoms with Gasteiger partial charge in [-0.25, -0.2) is 0 Å². The Bertz CT molecular complexity index is 984. The number of thioether (sulfide) groups is 1. The quantitative estimate of drug-likeness (QED) is 0.516. The highest BCUT2D eigenvalue weighted by molar-refractivity contribution is 8.00. The van der Waals surface area contributed by atoms with Gasteiger partial charge in [-0.1, -0.05) is 11.3 Å². The smallest absolute Gasteiger partial charge is 0.323 e. The van der Waals surface area contributed by atoms with Crippen molar-refractivity contribution in [1.82, 2.24) is 9.88 Å². The van der Waals surface area contributed by atoms with E-state index in [1.807, 2.05) is 0 Å². The number of carboxylic acids is 1. The first-order chi connectivity index (χ1) is 13.3. The van der Waals surface area contributed by atoms with E-state index in [-0.39, 0.29) is 27.9 Å². The van der Waals surface area contributed by atoms with E-state index in [0.717, 1.165) is 16.2 Å². The van der Waals surface area contributed by atoms with Crippen molar-refractivity contribution in [2.45, 2.75) is 22.6 Å². The second-order valence-electron chi connectivity index (χ2n) is 7.64. The molecule has 2 bridgehead atoms. The number of H-pyrrole nitrogens is 1. The highest BCUT2D eigenvalue weighted by Gasteiger charge is 2.70. The molecule has 2 aliphatic carbocycles. The number of likely N-dealkylation sites (tertiary alicyclic amines) is 1. The Labute approximate surface area is 166 Å². The third-order valence-electron chi connectivity index (χ3n) is 6.56. The van der Waals surface area contributed by atoms with Crippen LogP contribution in [0.25, 0.3) is 0 Å². The van der Waals surface area contributed by atoms with Crippen molar-refractivity contribution in [1.29, 1.82) is 0 Å². The van der Waals surface area contributed by atoms with E-state index >= 15 is 0 Å². The molecule has 7 atom stereocenters. The lowest BCUT2D eigenvalue weighted by molar-refractivity contribution is -0.150. The van der Waals surface area contributed by atoms with Gasteiger partial charge in [-0.2, -0.15) is 0 Å². The molecule has 0 unspecified atom stereocenters. The number of nitrogens with zero attached hydrogens (tertiary/aromatic N) is 1. The number of amides is 2. The number of ether oxygens (including phenoxy) is 1. The highest BCUT2D eigenvalue weighted by atomic mass is 32.2. The van der Waals surface area contributed by atoms with E-state index in [1.54, 1.807) is 0 Å². The molecule has 2 saturated carbocycles. The van der Waals surface area contributed by atoms with Gasteiger partial charge >= 0.3 is 16.8 Å². The van der Waals surface area contributed by atoms with Gasteiger partial charge < -0.3 is 14.8 Å². The van der Waals surface area contributed by atoms with E-state index in [2.05, 4.69) is 4.98 Å². The van der Waals surface area contributed by atoms with Gasteiger partial charge in [-0.3, -0.25) is 28.9 Å². The largest absolute Gasteiger partial charge is 0.480 e. The Balaban J connectivity index is 1.57. The van der Waals surface area contributed by atoms with Crippen molar-refractivity contribution >= 4 is 46.9 Å². The fourth-order valence-electron chi connectivity index (χ4n) is 5.76. The molecule has 4 aliphatic rings. The summed E-state index contributed by atoms with van der Waals surface area (Å²) in [6.07, 6.45) is 0.642. The molecule has 28 heavy (non-hydrogen) atoms. The Kier molecular flexibility index (Phi) is 3.80. The molecule has 1 aromatic heterocycles. The average molecular weight is 424 g/mol. The van der Waals surface area contributed by atoms with Gasteiger partial charge in [0.1, 0.15) is 6.54 Å². The minimum absolute atomic E-state index is 0.102. The molecule has 0 spiro atoms. The normalized spacial score (nSPS) is 37.6. The molecule has 5 rings (SSSR count). The number of aromatic nitrogens is 1. The Hall–Kier alpha value is -2.14. The number of carbonyl (C=O) groups is 4. The van der Waals surface area contributed by atoms with Crippen LogP contribution in [0.3, 0.4) is 0 Å². The number of nitrogens with one attached hydrogen (secondary N) is 1. The first-order valence-corrected chi connectivity index (χ1v) is 10.6. The van der Waals surface area contributed by atoms with E-state index in [9.17, 15) is 24.0 Å². The molecule has 2 amide bonds. The fourth-order valence-corrected chi connectivity index (χ4v) is 8.61. The van der Waals surface area contributed by atoms with Crippen molar-refractivity contribution < 1.29 is 29.0 Å². The molecule has 2 aliphatic heterocycles. The van der Waals surface area contributed by atoms with Crippen LogP contribution in [0, 0.1) is 29.6 Å². The summed E-state index contributed by atoms with van der Waals surface area (Å²) in [4.78, 5) is 65.2. The zero-order valence-electron chi connectivity index (χ0n) is 14.6. The molecule has 9 nitrogen and oxygen atoms in total. The number of esters is 1. The van der Waals surface area contributed by atoms with Gasteiger partial charge in [0.2, 0.25) is 11.8 Å². The molecule has 2 N–H and O–H groups in total. The van der Waals surface area contributed by atoms with Gasteiger partial charge in [0.05, 0.1) is 34.8 Å². The summed E-state index contributed by atoms with van der Waals surface area (Å²) < 4.78 is 5.01. The Morgan fingerprint density at radius 2 is 1.89 bits per heavy atom. The van der Waals surface area contributed by atoms with Crippen LogP contribution in [0.1, 0.15) is 17.2 Å².